The van der Waals surface area contributed by atoms with E-state index < -0.39 is 5.97 Å². The zero-order valence-corrected chi connectivity index (χ0v) is 16.1. The second-order valence-electron chi connectivity index (χ2n) is 6.68. The summed E-state index contributed by atoms with van der Waals surface area (Å²) < 4.78 is 0. The number of benzene rings is 1. The maximum atomic E-state index is 11.7. The Labute approximate surface area is 152 Å². The molecule has 0 spiro atoms. The molecule has 0 aromatic heterocycles. The minimum absolute atomic E-state index is 0.165. The third-order valence-electron chi connectivity index (χ3n) is 4.45. The maximum Gasteiger partial charge on any atom is 0.346 e. The Bertz CT molecular complexity index is 478. The predicted octanol–water partition coefficient (Wildman–Crippen LogP) is 5.28. The average molecular weight is 350 g/mol. The molecule has 0 aliphatic rings. The molecule has 0 aliphatic heterocycles. The molecule has 0 atom stereocenters. The molecule has 0 radical (unpaired) electrons. The van der Waals surface area contributed by atoms with E-state index in [1.807, 2.05) is 12.1 Å². The zero-order valence-electron chi connectivity index (χ0n) is 16.1. The standard InChI is InChI=1S/C21H34O4/c1-4-6-8-10-12-18-14-17(16-20(22)25-24-3)15-19(21(18)23)13-11-9-7-5-2/h14-15,23H,4-13,16H2,1-3H3. The summed E-state index contributed by atoms with van der Waals surface area (Å²) in [6, 6.07) is 3.88. The molecule has 142 valence electrons. The Morgan fingerprint density at radius 3 is 1.88 bits per heavy atom. The third kappa shape index (κ3) is 8.39. The van der Waals surface area contributed by atoms with E-state index in [9.17, 15) is 9.90 Å². The minimum Gasteiger partial charge on any atom is -0.507 e. The quantitative estimate of drug-likeness (QED) is 0.298. The Balaban J connectivity index is 2.85. The van der Waals surface area contributed by atoms with E-state index in [0.29, 0.717) is 5.75 Å². The highest BCUT2D eigenvalue weighted by Gasteiger charge is 2.13. The van der Waals surface area contributed by atoms with Crippen molar-refractivity contribution >= 4 is 5.97 Å². The number of carbonyl (C=O) groups is 1. The summed E-state index contributed by atoms with van der Waals surface area (Å²) in [5.74, 6) is -0.00101. The van der Waals surface area contributed by atoms with Crippen LogP contribution in [-0.2, 0) is 33.8 Å². The van der Waals surface area contributed by atoms with E-state index in [4.69, 9.17) is 0 Å². The number of hydrogen-bond donors (Lipinski definition) is 1. The van der Waals surface area contributed by atoms with Crippen LogP contribution in [0.4, 0.5) is 0 Å². The van der Waals surface area contributed by atoms with Gasteiger partial charge in [0.25, 0.3) is 0 Å². The lowest BCUT2D eigenvalue weighted by molar-refractivity contribution is -0.254. The molecule has 4 heteroatoms. The zero-order chi connectivity index (χ0) is 18.5. The van der Waals surface area contributed by atoms with Crippen LogP contribution in [0.15, 0.2) is 12.1 Å². The van der Waals surface area contributed by atoms with Crippen molar-refractivity contribution in [2.45, 2.75) is 84.5 Å². The molecule has 25 heavy (non-hydrogen) atoms. The molecule has 1 aromatic rings. The van der Waals surface area contributed by atoms with Crippen LogP contribution in [0.3, 0.4) is 0 Å². The lowest BCUT2D eigenvalue weighted by Gasteiger charge is -2.13. The fourth-order valence-electron chi connectivity index (χ4n) is 3.09. The summed E-state index contributed by atoms with van der Waals surface area (Å²) in [6.07, 6.45) is 11.1. The van der Waals surface area contributed by atoms with Crippen molar-refractivity contribution in [2.75, 3.05) is 7.11 Å². The topological polar surface area (TPSA) is 55.8 Å². The van der Waals surface area contributed by atoms with Crippen molar-refractivity contribution in [2.24, 2.45) is 0 Å². The van der Waals surface area contributed by atoms with Crippen molar-refractivity contribution in [1.29, 1.82) is 0 Å². The van der Waals surface area contributed by atoms with Crippen LogP contribution in [0.5, 0.6) is 5.75 Å². The number of carbonyl (C=O) groups excluding carboxylic acids is 1. The number of aromatic hydroxyl groups is 1. The molecule has 0 bridgehead atoms. The van der Waals surface area contributed by atoms with Crippen LogP contribution < -0.4 is 0 Å². The van der Waals surface area contributed by atoms with Crippen molar-refractivity contribution in [3.05, 3.63) is 28.8 Å². The highest BCUT2D eigenvalue weighted by molar-refractivity contribution is 5.72. The second kappa shape index (κ2) is 12.8. The average Bonchev–Trinajstić information content (AvgIpc) is 2.59. The van der Waals surface area contributed by atoms with Gasteiger partial charge in [-0.25, -0.2) is 4.79 Å². The van der Waals surface area contributed by atoms with E-state index in [2.05, 4.69) is 23.6 Å². The van der Waals surface area contributed by atoms with Crippen molar-refractivity contribution in [3.63, 3.8) is 0 Å². The fourth-order valence-corrected chi connectivity index (χ4v) is 3.09. The van der Waals surface area contributed by atoms with E-state index in [1.165, 1.54) is 32.8 Å². The molecular weight excluding hydrogens is 316 g/mol. The normalized spacial score (nSPS) is 10.8. The first-order chi connectivity index (χ1) is 12.1. The van der Waals surface area contributed by atoms with E-state index in [1.54, 1.807) is 0 Å². The molecule has 1 N–H and O–H groups in total. The molecule has 1 rings (SSSR count). The molecule has 0 fully saturated rings. The number of hydrogen-bond acceptors (Lipinski definition) is 4. The Morgan fingerprint density at radius 1 is 0.920 bits per heavy atom. The molecule has 0 amide bonds. The summed E-state index contributed by atoms with van der Waals surface area (Å²) in [7, 11) is 1.33. The van der Waals surface area contributed by atoms with Gasteiger partial charge in [-0.3, -0.25) is 4.89 Å². The maximum absolute atomic E-state index is 11.7. The Morgan fingerprint density at radius 2 is 1.44 bits per heavy atom. The summed E-state index contributed by atoms with van der Waals surface area (Å²) >= 11 is 0. The highest BCUT2D eigenvalue weighted by Crippen LogP contribution is 2.28. The first kappa shape index (κ1) is 21.5. The molecular formula is C21H34O4. The summed E-state index contributed by atoms with van der Waals surface area (Å²) in [5, 5.41) is 10.6. The second-order valence-corrected chi connectivity index (χ2v) is 6.68. The molecule has 0 aliphatic carbocycles. The summed E-state index contributed by atoms with van der Waals surface area (Å²) in [4.78, 5) is 20.7. The number of rotatable bonds is 13. The van der Waals surface area contributed by atoms with Gasteiger partial charge in [0.1, 0.15) is 5.75 Å². The number of aryl methyl sites for hydroxylation is 2. The highest BCUT2D eigenvalue weighted by atomic mass is 17.2. The van der Waals surface area contributed by atoms with E-state index in [-0.39, 0.29) is 6.42 Å². The monoisotopic (exact) mass is 350 g/mol. The van der Waals surface area contributed by atoms with Gasteiger partial charge in [0, 0.05) is 0 Å². The van der Waals surface area contributed by atoms with Gasteiger partial charge in [0.2, 0.25) is 0 Å². The molecule has 4 nitrogen and oxygen atoms in total. The molecule has 0 heterocycles. The van der Waals surface area contributed by atoms with E-state index >= 15 is 0 Å². The van der Waals surface area contributed by atoms with Crippen molar-refractivity contribution in [1.82, 2.24) is 0 Å². The predicted molar refractivity (Wildman–Crippen MR) is 101 cm³/mol. The van der Waals surface area contributed by atoms with Crippen LogP contribution >= 0.6 is 0 Å². The first-order valence-corrected chi connectivity index (χ1v) is 9.69. The van der Waals surface area contributed by atoms with Gasteiger partial charge < -0.3 is 5.11 Å². The van der Waals surface area contributed by atoms with Gasteiger partial charge in [-0.1, -0.05) is 64.5 Å². The fraction of sp³-hybridized carbons (Fsp3) is 0.667. The Hall–Kier alpha value is -1.55. The van der Waals surface area contributed by atoms with Crippen LogP contribution in [0.1, 0.15) is 81.9 Å². The smallest absolute Gasteiger partial charge is 0.346 e. The number of phenols is 1. The van der Waals surface area contributed by atoms with Gasteiger partial charge in [-0.2, -0.15) is 4.89 Å². The van der Waals surface area contributed by atoms with Gasteiger partial charge in [0.15, 0.2) is 0 Å². The van der Waals surface area contributed by atoms with Crippen molar-refractivity contribution < 1.29 is 19.7 Å². The van der Waals surface area contributed by atoms with Gasteiger partial charge in [0.05, 0.1) is 13.5 Å². The minimum atomic E-state index is -0.415. The summed E-state index contributed by atoms with van der Waals surface area (Å²) in [5.41, 5.74) is 2.78. The molecule has 0 saturated carbocycles. The van der Waals surface area contributed by atoms with Crippen LogP contribution in [0.2, 0.25) is 0 Å². The lowest BCUT2D eigenvalue weighted by atomic mass is 9.95. The molecule has 0 saturated heterocycles. The molecule has 0 unspecified atom stereocenters. The molecule has 1 aromatic carbocycles. The largest absolute Gasteiger partial charge is 0.507 e. The van der Waals surface area contributed by atoms with Crippen LogP contribution in [-0.4, -0.2) is 18.2 Å². The number of phenolic OH excluding ortho intramolecular Hbond substituents is 1. The summed E-state index contributed by atoms with van der Waals surface area (Å²) in [6.45, 7) is 4.38. The number of unbranched alkanes of at least 4 members (excludes halogenated alkanes) is 6. The van der Waals surface area contributed by atoms with Crippen LogP contribution in [0.25, 0.3) is 0 Å². The van der Waals surface area contributed by atoms with Gasteiger partial charge >= 0.3 is 5.97 Å². The van der Waals surface area contributed by atoms with E-state index in [0.717, 1.165) is 55.2 Å². The van der Waals surface area contributed by atoms with Gasteiger partial charge in [-0.05, 0) is 42.4 Å². The van der Waals surface area contributed by atoms with Crippen LogP contribution in [0, 0.1) is 0 Å². The van der Waals surface area contributed by atoms with Crippen molar-refractivity contribution in [3.8, 4) is 5.75 Å². The lowest BCUT2D eigenvalue weighted by Crippen LogP contribution is -2.08. The Kier molecular flexibility index (Phi) is 11.0. The SMILES string of the molecule is CCCCCCc1cc(CC(=O)OOC)cc(CCCCCC)c1O. The first-order valence-electron chi connectivity index (χ1n) is 9.69. The third-order valence-corrected chi connectivity index (χ3v) is 4.45. The van der Waals surface area contributed by atoms with Gasteiger partial charge in [-0.15, -0.1) is 0 Å².